The molecule has 382 valence electrons. The first-order chi connectivity index (χ1) is 39.2. The number of benzene rings is 11. The van der Waals surface area contributed by atoms with Gasteiger partial charge >= 0.3 is 0 Å². The van der Waals surface area contributed by atoms with Crippen LogP contribution >= 0.6 is 0 Å². The maximum Gasteiger partial charge on any atom is 0.159 e. The summed E-state index contributed by atoms with van der Waals surface area (Å²) in [5, 5.41) is 6.86. The Kier molecular flexibility index (Phi) is 10.1. The Morgan fingerprint density at radius 2 is 0.863 bits per heavy atom. The summed E-state index contributed by atoms with van der Waals surface area (Å²) in [7, 11) is 0. The topological polar surface area (TPSA) is 32.8 Å². The van der Waals surface area contributed by atoms with Crippen LogP contribution in [0.3, 0.4) is 0 Å². The SMILES string of the molecule is CC1(C)c2cc(N(c3ccccc3)c3cccc4c3oc3c(-c5ccccc5)cccc34)c3ccccc3c2-c2ccc3c(c21)C(C)(C)C1C=C(N(c2ccccc2)c2cccc4c2oc2c(-c5ccccc5)cccc24)C=CC31. The average Bonchev–Trinajstić information content (AvgIpc) is 3.88. The van der Waals surface area contributed by atoms with Gasteiger partial charge in [0.25, 0.3) is 0 Å². The summed E-state index contributed by atoms with van der Waals surface area (Å²) in [6, 6.07) is 85.6. The lowest BCUT2D eigenvalue weighted by atomic mass is 9.70. The van der Waals surface area contributed by atoms with E-state index in [1.165, 1.54) is 44.2 Å². The van der Waals surface area contributed by atoms with Crippen LogP contribution in [0.1, 0.15) is 55.9 Å². The minimum absolute atomic E-state index is 0.182. The van der Waals surface area contributed by atoms with Gasteiger partial charge in [0.1, 0.15) is 11.2 Å². The van der Waals surface area contributed by atoms with E-state index in [4.69, 9.17) is 8.83 Å². The largest absolute Gasteiger partial charge is 0.453 e. The number of anilines is 5. The van der Waals surface area contributed by atoms with Gasteiger partial charge in [-0.2, -0.15) is 0 Å². The summed E-state index contributed by atoms with van der Waals surface area (Å²) in [5.74, 6) is 0.385. The number of para-hydroxylation sites is 6. The highest BCUT2D eigenvalue weighted by Crippen LogP contribution is 2.63. The van der Waals surface area contributed by atoms with Gasteiger partial charge in [-0.25, -0.2) is 0 Å². The molecular formula is C76H56N2O2. The summed E-state index contributed by atoms with van der Waals surface area (Å²) in [5.41, 5.74) is 22.2. The molecule has 0 radical (unpaired) electrons. The Hall–Kier alpha value is -9.64. The van der Waals surface area contributed by atoms with E-state index >= 15 is 0 Å². The molecule has 0 saturated carbocycles. The summed E-state index contributed by atoms with van der Waals surface area (Å²) < 4.78 is 14.3. The van der Waals surface area contributed by atoms with Crippen LogP contribution in [-0.4, -0.2) is 0 Å². The van der Waals surface area contributed by atoms with Crippen molar-refractivity contribution in [1.82, 2.24) is 0 Å². The van der Waals surface area contributed by atoms with E-state index in [1.54, 1.807) is 0 Å². The quantitative estimate of drug-likeness (QED) is 0.152. The molecule has 0 fully saturated rings. The fourth-order valence-electron chi connectivity index (χ4n) is 14.5. The fourth-order valence-corrected chi connectivity index (χ4v) is 14.5. The highest BCUT2D eigenvalue weighted by molar-refractivity contribution is 6.17. The second-order valence-electron chi connectivity index (χ2n) is 23.1. The molecule has 2 atom stereocenters. The molecule has 3 aliphatic carbocycles. The average molecular weight is 1030 g/mol. The third-order valence-corrected chi connectivity index (χ3v) is 18.1. The van der Waals surface area contributed by atoms with E-state index in [0.29, 0.717) is 0 Å². The molecule has 80 heavy (non-hydrogen) atoms. The molecule has 13 aromatic rings. The lowest BCUT2D eigenvalue weighted by Gasteiger charge is -2.36. The van der Waals surface area contributed by atoms with Crippen molar-refractivity contribution < 1.29 is 8.83 Å². The second-order valence-corrected chi connectivity index (χ2v) is 23.1. The highest BCUT2D eigenvalue weighted by Gasteiger charge is 2.51. The molecule has 0 aliphatic heterocycles. The second kappa shape index (κ2) is 17.4. The van der Waals surface area contributed by atoms with Gasteiger partial charge in [0.2, 0.25) is 0 Å². The molecule has 3 aliphatic rings. The van der Waals surface area contributed by atoms with Gasteiger partial charge in [0.05, 0.1) is 17.1 Å². The zero-order chi connectivity index (χ0) is 53.4. The van der Waals surface area contributed by atoms with Crippen LogP contribution in [0.5, 0.6) is 0 Å². The van der Waals surface area contributed by atoms with Crippen molar-refractivity contribution in [2.24, 2.45) is 5.92 Å². The van der Waals surface area contributed by atoms with Crippen molar-refractivity contribution in [2.45, 2.75) is 44.4 Å². The Labute approximate surface area is 465 Å². The molecule has 16 rings (SSSR count). The number of hydrogen-bond acceptors (Lipinski definition) is 4. The van der Waals surface area contributed by atoms with Crippen molar-refractivity contribution in [3.05, 3.63) is 283 Å². The van der Waals surface area contributed by atoms with Crippen LogP contribution in [-0.2, 0) is 10.8 Å². The van der Waals surface area contributed by atoms with Crippen LogP contribution in [0.15, 0.2) is 269 Å². The van der Waals surface area contributed by atoms with Gasteiger partial charge in [-0.1, -0.05) is 234 Å². The minimum atomic E-state index is -0.347. The molecular weight excluding hydrogens is 973 g/mol. The lowest BCUT2D eigenvalue weighted by molar-refractivity contribution is 0.387. The summed E-state index contributed by atoms with van der Waals surface area (Å²) in [6.07, 6.45) is 7.43. The number of nitrogens with zero attached hydrogens (tertiary/aromatic N) is 2. The van der Waals surface area contributed by atoms with Gasteiger partial charge in [-0.3, -0.25) is 0 Å². The van der Waals surface area contributed by atoms with Gasteiger partial charge < -0.3 is 18.6 Å². The van der Waals surface area contributed by atoms with Crippen molar-refractivity contribution in [1.29, 1.82) is 0 Å². The predicted molar refractivity (Wildman–Crippen MR) is 333 cm³/mol. The highest BCUT2D eigenvalue weighted by atomic mass is 16.3. The molecule has 2 heterocycles. The van der Waals surface area contributed by atoms with E-state index in [1.807, 2.05) is 0 Å². The van der Waals surface area contributed by atoms with Crippen LogP contribution in [0.4, 0.5) is 28.4 Å². The molecule has 4 heteroatoms. The predicted octanol–water partition coefficient (Wildman–Crippen LogP) is 21.0. The number of furan rings is 2. The zero-order valence-electron chi connectivity index (χ0n) is 45.1. The van der Waals surface area contributed by atoms with Crippen LogP contribution in [0.2, 0.25) is 0 Å². The first kappa shape index (κ1) is 46.5. The number of hydrogen-bond donors (Lipinski definition) is 0. The van der Waals surface area contributed by atoms with Crippen molar-refractivity contribution in [3.63, 3.8) is 0 Å². The molecule has 0 N–H and O–H groups in total. The molecule has 0 bridgehead atoms. The standard InChI is InChI=1S/C76H56N2O2/c1-75(2)63-45-51(77(49-27-13-7-14-28-49)65-39-21-37-60-58-35-19-33-52(71(58)79-73(60)65)47-23-9-5-10-24-47)41-42-54(63)57-43-44-62-68-56-32-18-17-31-55(56)67(46-64(68)76(3,4)70(62)69(57)75)78(50-29-15-8-16-30-50)66-40-22-38-61-59-36-20-34-53(72(59)80-74(61)66)48-25-11-6-12-26-48/h5-46,54,63H,1-4H3. The summed E-state index contributed by atoms with van der Waals surface area (Å²) in [4.78, 5) is 4.87. The first-order valence-corrected chi connectivity index (χ1v) is 28.1. The maximum absolute atomic E-state index is 7.17. The van der Waals surface area contributed by atoms with Gasteiger partial charge in [-0.15, -0.1) is 0 Å². The normalized spacial score (nSPS) is 16.5. The lowest BCUT2D eigenvalue weighted by Crippen LogP contribution is -2.30. The number of fused-ring (bicyclic) bond motifs is 15. The van der Waals surface area contributed by atoms with Gasteiger partial charge in [-0.05, 0) is 110 Å². The molecule has 11 aromatic carbocycles. The fraction of sp³-hybridized carbons (Fsp3) is 0.105. The van der Waals surface area contributed by atoms with E-state index in [0.717, 1.165) is 100 Å². The van der Waals surface area contributed by atoms with E-state index in [2.05, 4.69) is 292 Å². The van der Waals surface area contributed by atoms with E-state index in [9.17, 15) is 0 Å². The summed E-state index contributed by atoms with van der Waals surface area (Å²) >= 11 is 0. The monoisotopic (exact) mass is 1030 g/mol. The Morgan fingerprint density at radius 3 is 1.44 bits per heavy atom. The van der Waals surface area contributed by atoms with Gasteiger partial charge in [0, 0.05) is 66.5 Å². The summed E-state index contributed by atoms with van der Waals surface area (Å²) in [6.45, 7) is 9.94. The Morgan fingerprint density at radius 1 is 0.388 bits per heavy atom. The molecule has 0 saturated heterocycles. The molecule has 2 unspecified atom stereocenters. The third kappa shape index (κ3) is 6.69. The zero-order valence-corrected chi connectivity index (χ0v) is 45.1. The van der Waals surface area contributed by atoms with Crippen molar-refractivity contribution in [2.75, 3.05) is 9.80 Å². The molecule has 4 nitrogen and oxygen atoms in total. The van der Waals surface area contributed by atoms with Crippen LogP contribution in [0, 0.1) is 5.92 Å². The van der Waals surface area contributed by atoms with Crippen molar-refractivity contribution in [3.8, 4) is 33.4 Å². The van der Waals surface area contributed by atoms with Gasteiger partial charge in [0.15, 0.2) is 11.2 Å². The molecule has 2 aromatic heterocycles. The minimum Gasteiger partial charge on any atom is -0.453 e. The Bertz CT molecular complexity index is 4720. The molecule has 0 amide bonds. The third-order valence-electron chi connectivity index (χ3n) is 18.1. The number of allylic oxidation sites excluding steroid dienone is 3. The Balaban J connectivity index is 0.843. The van der Waals surface area contributed by atoms with E-state index < -0.39 is 0 Å². The van der Waals surface area contributed by atoms with Crippen LogP contribution < -0.4 is 9.80 Å². The van der Waals surface area contributed by atoms with E-state index in [-0.39, 0.29) is 22.7 Å². The van der Waals surface area contributed by atoms with Crippen LogP contribution in [0.25, 0.3) is 88.0 Å². The number of rotatable bonds is 8. The first-order valence-electron chi connectivity index (χ1n) is 28.1. The smallest absolute Gasteiger partial charge is 0.159 e. The maximum atomic E-state index is 7.17. The van der Waals surface area contributed by atoms with Crippen molar-refractivity contribution >= 4 is 83.1 Å². The molecule has 0 spiro atoms.